The monoisotopic (exact) mass is 228 g/mol. The van der Waals surface area contributed by atoms with E-state index < -0.39 is 0 Å². The van der Waals surface area contributed by atoms with E-state index in [1.165, 1.54) is 36.8 Å². The van der Waals surface area contributed by atoms with Crippen molar-refractivity contribution in [1.82, 2.24) is 9.55 Å². The highest BCUT2D eigenvalue weighted by atomic mass is 15.1. The van der Waals surface area contributed by atoms with Gasteiger partial charge in [-0.05, 0) is 36.5 Å². The maximum atomic E-state index is 4.57. The molecule has 1 heterocycles. The largest absolute Gasteiger partial charge is 0.327 e. The zero-order valence-corrected chi connectivity index (χ0v) is 10.7. The second-order valence-corrected chi connectivity index (χ2v) is 5.49. The summed E-state index contributed by atoms with van der Waals surface area (Å²) >= 11 is 0. The van der Waals surface area contributed by atoms with Crippen molar-refractivity contribution in [3.8, 4) is 0 Å². The van der Waals surface area contributed by atoms with Crippen molar-refractivity contribution < 1.29 is 0 Å². The Morgan fingerprint density at radius 2 is 2.00 bits per heavy atom. The molecule has 1 fully saturated rings. The number of imidazole rings is 1. The number of rotatable bonds is 2. The van der Waals surface area contributed by atoms with E-state index in [0.29, 0.717) is 12.0 Å². The number of fused-ring (bicyclic) bond motifs is 1. The molecule has 2 nitrogen and oxygen atoms in total. The second-order valence-electron chi connectivity index (χ2n) is 5.49. The highest BCUT2D eigenvalue weighted by Gasteiger charge is 2.18. The fraction of sp³-hybridized carbons (Fsp3) is 0.533. The molecule has 0 bridgehead atoms. The first-order valence-electron chi connectivity index (χ1n) is 6.72. The lowest BCUT2D eigenvalue weighted by Gasteiger charge is -2.12. The van der Waals surface area contributed by atoms with E-state index in [9.17, 15) is 0 Å². The minimum atomic E-state index is 0.580. The summed E-state index contributed by atoms with van der Waals surface area (Å²) in [5.74, 6) is 0.580. The van der Waals surface area contributed by atoms with Crippen LogP contribution in [0, 0.1) is 0 Å². The lowest BCUT2D eigenvalue weighted by molar-refractivity contribution is 0.532. The van der Waals surface area contributed by atoms with E-state index in [1.807, 2.05) is 6.33 Å². The van der Waals surface area contributed by atoms with E-state index in [2.05, 4.69) is 41.6 Å². The standard InChI is InChI=1S/C15H20N2/c1-11(2)12-7-8-15-14(9-12)16-10-17(15)13-5-3-4-6-13/h7-11,13H,3-6H2,1-2H3. The third-order valence-corrected chi connectivity index (χ3v) is 3.98. The van der Waals surface area contributed by atoms with Gasteiger partial charge in [0.2, 0.25) is 0 Å². The summed E-state index contributed by atoms with van der Waals surface area (Å²) < 4.78 is 2.38. The van der Waals surface area contributed by atoms with Gasteiger partial charge >= 0.3 is 0 Å². The molecule has 1 saturated carbocycles. The molecule has 0 N–H and O–H groups in total. The van der Waals surface area contributed by atoms with Crippen LogP contribution in [-0.2, 0) is 0 Å². The summed E-state index contributed by atoms with van der Waals surface area (Å²) in [6.45, 7) is 4.46. The van der Waals surface area contributed by atoms with Gasteiger partial charge in [0.05, 0.1) is 17.4 Å². The number of nitrogens with zero attached hydrogens (tertiary/aromatic N) is 2. The van der Waals surface area contributed by atoms with Crippen molar-refractivity contribution in [1.29, 1.82) is 0 Å². The Morgan fingerprint density at radius 1 is 1.24 bits per heavy atom. The molecule has 0 atom stereocenters. The lowest BCUT2D eigenvalue weighted by atomic mass is 10.0. The van der Waals surface area contributed by atoms with Crippen molar-refractivity contribution >= 4 is 11.0 Å². The molecule has 3 rings (SSSR count). The van der Waals surface area contributed by atoms with E-state index >= 15 is 0 Å². The van der Waals surface area contributed by atoms with Crippen LogP contribution in [0.25, 0.3) is 11.0 Å². The summed E-state index contributed by atoms with van der Waals surface area (Å²) in [6.07, 6.45) is 7.41. The molecular weight excluding hydrogens is 208 g/mol. The van der Waals surface area contributed by atoms with Crippen molar-refractivity contribution in [2.24, 2.45) is 0 Å². The van der Waals surface area contributed by atoms with Gasteiger partial charge in [-0.3, -0.25) is 0 Å². The lowest BCUT2D eigenvalue weighted by Crippen LogP contribution is -2.02. The third-order valence-electron chi connectivity index (χ3n) is 3.98. The molecule has 90 valence electrons. The summed E-state index contributed by atoms with van der Waals surface area (Å²) in [5.41, 5.74) is 3.85. The number of hydrogen-bond acceptors (Lipinski definition) is 1. The van der Waals surface area contributed by atoms with E-state index in [1.54, 1.807) is 0 Å². The van der Waals surface area contributed by atoms with Crippen LogP contribution in [0.2, 0.25) is 0 Å². The minimum Gasteiger partial charge on any atom is -0.327 e. The van der Waals surface area contributed by atoms with Gasteiger partial charge in [0.25, 0.3) is 0 Å². The average Bonchev–Trinajstić information content (AvgIpc) is 2.96. The van der Waals surface area contributed by atoms with Crippen LogP contribution in [0.4, 0.5) is 0 Å². The first-order chi connectivity index (χ1) is 8.25. The fourth-order valence-electron chi connectivity index (χ4n) is 2.88. The summed E-state index contributed by atoms with van der Waals surface area (Å²) in [7, 11) is 0. The Hall–Kier alpha value is -1.31. The first kappa shape index (κ1) is 10.8. The maximum Gasteiger partial charge on any atom is 0.0960 e. The highest BCUT2D eigenvalue weighted by molar-refractivity contribution is 5.76. The van der Waals surface area contributed by atoms with Gasteiger partial charge in [0.1, 0.15) is 0 Å². The quantitative estimate of drug-likeness (QED) is 0.750. The molecule has 0 saturated heterocycles. The van der Waals surface area contributed by atoms with Crippen LogP contribution < -0.4 is 0 Å². The predicted octanol–water partition coefficient (Wildman–Crippen LogP) is 4.27. The van der Waals surface area contributed by atoms with E-state index in [4.69, 9.17) is 0 Å². The molecule has 0 radical (unpaired) electrons. The van der Waals surface area contributed by atoms with Crippen molar-refractivity contribution in [2.75, 3.05) is 0 Å². The van der Waals surface area contributed by atoms with Crippen molar-refractivity contribution in [3.05, 3.63) is 30.1 Å². The summed E-state index contributed by atoms with van der Waals surface area (Å²) in [4.78, 5) is 4.57. The Labute approximate surface area is 103 Å². The van der Waals surface area contributed by atoms with Crippen LogP contribution in [0.1, 0.15) is 57.1 Å². The molecule has 1 aliphatic carbocycles. The first-order valence-corrected chi connectivity index (χ1v) is 6.72. The van der Waals surface area contributed by atoms with E-state index in [-0.39, 0.29) is 0 Å². The van der Waals surface area contributed by atoms with Gasteiger partial charge < -0.3 is 4.57 Å². The van der Waals surface area contributed by atoms with Crippen LogP contribution in [-0.4, -0.2) is 9.55 Å². The zero-order chi connectivity index (χ0) is 11.8. The highest BCUT2D eigenvalue weighted by Crippen LogP contribution is 2.32. The molecule has 2 aromatic rings. The van der Waals surface area contributed by atoms with Crippen LogP contribution in [0.5, 0.6) is 0 Å². The van der Waals surface area contributed by atoms with Gasteiger partial charge in [-0.25, -0.2) is 4.98 Å². The van der Waals surface area contributed by atoms with Gasteiger partial charge in [0.15, 0.2) is 0 Å². The second kappa shape index (κ2) is 4.17. The fourth-order valence-corrected chi connectivity index (χ4v) is 2.88. The average molecular weight is 228 g/mol. The molecule has 0 spiro atoms. The Bertz CT molecular complexity index is 519. The summed E-state index contributed by atoms with van der Waals surface area (Å²) in [5, 5.41) is 0. The SMILES string of the molecule is CC(C)c1ccc2c(c1)ncn2C1CCCC1. The molecule has 0 unspecified atom stereocenters. The van der Waals surface area contributed by atoms with Crippen LogP contribution >= 0.6 is 0 Å². The molecule has 1 aliphatic rings. The molecule has 2 heteroatoms. The van der Waals surface area contributed by atoms with E-state index in [0.717, 1.165) is 5.52 Å². The molecular formula is C15H20N2. The van der Waals surface area contributed by atoms with Crippen molar-refractivity contribution in [3.63, 3.8) is 0 Å². The number of aromatic nitrogens is 2. The molecule has 0 amide bonds. The number of benzene rings is 1. The normalized spacial score (nSPS) is 17.4. The Morgan fingerprint density at radius 3 is 2.71 bits per heavy atom. The molecule has 17 heavy (non-hydrogen) atoms. The predicted molar refractivity (Wildman–Crippen MR) is 71.3 cm³/mol. The minimum absolute atomic E-state index is 0.580. The van der Waals surface area contributed by atoms with Crippen molar-refractivity contribution in [2.45, 2.75) is 51.5 Å². The Balaban J connectivity index is 2.04. The van der Waals surface area contributed by atoms with Crippen LogP contribution in [0.3, 0.4) is 0 Å². The summed E-state index contributed by atoms with van der Waals surface area (Å²) in [6, 6.07) is 7.42. The number of hydrogen-bond donors (Lipinski definition) is 0. The van der Waals surface area contributed by atoms with Gasteiger partial charge in [0, 0.05) is 6.04 Å². The molecule has 1 aromatic carbocycles. The maximum absolute atomic E-state index is 4.57. The van der Waals surface area contributed by atoms with Gasteiger partial charge in [-0.2, -0.15) is 0 Å². The third kappa shape index (κ3) is 1.86. The Kier molecular flexibility index (Phi) is 2.65. The van der Waals surface area contributed by atoms with Gasteiger partial charge in [-0.15, -0.1) is 0 Å². The topological polar surface area (TPSA) is 17.8 Å². The van der Waals surface area contributed by atoms with Gasteiger partial charge in [-0.1, -0.05) is 32.8 Å². The van der Waals surface area contributed by atoms with Crippen LogP contribution in [0.15, 0.2) is 24.5 Å². The molecule has 0 aliphatic heterocycles. The smallest absolute Gasteiger partial charge is 0.0960 e. The molecule has 1 aromatic heterocycles. The zero-order valence-electron chi connectivity index (χ0n) is 10.7.